The fraction of sp³-hybridized carbons (Fsp3) is 0.667. The van der Waals surface area contributed by atoms with E-state index >= 15 is 0 Å². The first-order chi connectivity index (χ1) is 27.1. The van der Waals surface area contributed by atoms with Gasteiger partial charge >= 0.3 is 7.82 Å². The van der Waals surface area contributed by atoms with Crippen molar-refractivity contribution in [3.63, 3.8) is 0 Å². The van der Waals surface area contributed by atoms with E-state index < -0.39 is 50.6 Å². The SMILES string of the molecule is CCCCCCCCCCCCCCCCCCOC[C@@H](OCc1ccccc1)C(C)OP(=O)(O)OC[C@H]1O[C@@](C#N)(c2ccc3c(N)ccnn23)[C@H](O)[C@@H]1O. The fourth-order valence-corrected chi connectivity index (χ4v) is 8.11. The zero-order valence-corrected chi connectivity index (χ0v) is 34.3. The van der Waals surface area contributed by atoms with E-state index in [0.717, 1.165) is 18.4 Å². The van der Waals surface area contributed by atoms with Crippen LogP contribution < -0.4 is 5.73 Å². The number of hydrogen-bond acceptors (Lipinski definition) is 11. The number of hydrogen-bond donors (Lipinski definition) is 4. The molecule has 0 amide bonds. The maximum absolute atomic E-state index is 13.2. The first-order valence-electron chi connectivity index (χ1n) is 20.7. The Kier molecular flexibility index (Phi) is 19.7. The molecule has 2 unspecified atom stereocenters. The van der Waals surface area contributed by atoms with Crippen molar-refractivity contribution in [2.75, 3.05) is 25.6 Å². The number of ether oxygens (including phenoxy) is 3. The number of phosphoric ester groups is 1. The minimum atomic E-state index is -4.76. The number of nitriles is 1. The van der Waals surface area contributed by atoms with Crippen LogP contribution in [-0.4, -0.2) is 75.1 Å². The highest BCUT2D eigenvalue weighted by Crippen LogP contribution is 2.47. The molecule has 1 aliphatic heterocycles. The molecular weight excluding hydrogens is 735 g/mol. The standard InChI is InChI=1S/C42H65N4O9P/c1-3-4-5-6-7-8-9-10-11-12-13-14-15-16-17-21-28-51-30-37(52-29-34-22-19-18-20-23-34)33(2)55-56(49,50)53-31-38-40(47)41(48)42(32-43,54-38)39-25-24-36-35(44)26-27-45-46(36)39/h18-20,22-27,33,37-38,40-41,47-48H,3-17,21,28-31,44H2,1-2H3,(H,49,50)/t33?,37-,38-,40-,41-,42+/m1/s1. The van der Waals surface area contributed by atoms with Crippen LogP contribution in [0.1, 0.15) is 128 Å². The van der Waals surface area contributed by atoms with Crippen LogP contribution in [0.25, 0.3) is 5.52 Å². The Morgan fingerprint density at radius 1 is 0.929 bits per heavy atom. The number of phosphoric acid groups is 1. The Bertz CT molecular complexity index is 1640. The summed E-state index contributed by atoms with van der Waals surface area (Å²) in [5.74, 6) is 0. The second-order valence-corrected chi connectivity index (χ2v) is 16.4. The average molecular weight is 801 g/mol. The van der Waals surface area contributed by atoms with Crippen LogP contribution in [0.2, 0.25) is 0 Å². The Morgan fingerprint density at radius 3 is 2.14 bits per heavy atom. The van der Waals surface area contributed by atoms with Crippen LogP contribution >= 0.6 is 7.82 Å². The lowest BCUT2D eigenvalue weighted by atomic mass is 9.92. The molecule has 3 aromatic rings. The molecule has 13 nitrogen and oxygen atoms in total. The number of rotatable bonds is 29. The molecule has 56 heavy (non-hydrogen) atoms. The van der Waals surface area contributed by atoms with Gasteiger partial charge in [0.05, 0.1) is 42.8 Å². The van der Waals surface area contributed by atoms with Crippen molar-refractivity contribution < 1.29 is 42.9 Å². The predicted octanol–water partition coefficient (Wildman–Crippen LogP) is 8.14. The number of unbranched alkanes of at least 4 members (excludes halogenated alkanes) is 15. The largest absolute Gasteiger partial charge is 0.472 e. The van der Waals surface area contributed by atoms with Gasteiger partial charge in [-0.1, -0.05) is 134 Å². The summed E-state index contributed by atoms with van der Waals surface area (Å²) in [6.45, 7) is 4.11. The summed E-state index contributed by atoms with van der Waals surface area (Å²) < 4.78 is 43.3. The summed E-state index contributed by atoms with van der Waals surface area (Å²) >= 11 is 0. The lowest BCUT2D eigenvalue weighted by Gasteiger charge is -2.27. The van der Waals surface area contributed by atoms with Gasteiger partial charge in [-0.3, -0.25) is 9.05 Å². The number of nitrogens with zero attached hydrogens (tertiary/aromatic N) is 3. The van der Waals surface area contributed by atoms with Gasteiger partial charge in [0.2, 0.25) is 5.60 Å². The van der Waals surface area contributed by atoms with Gasteiger partial charge in [-0.05, 0) is 37.1 Å². The number of benzene rings is 1. The molecule has 1 aromatic carbocycles. The first-order valence-corrected chi connectivity index (χ1v) is 22.2. The molecular formula is C42H65N4O9P. The van der Waals surface area contributed by atoms with Crippen molar-refractivity contribution in [3.8, 4) is 6.07 Å². The summed E-state index contributed by atoms with van der Waals surface area (Å²) in [4.78, 5) is 10.7. The van der Waals surface area contributed by atoms with Crippen molar-refractivity contribution in [1.82, 2.24) is 9.61 Å². The minimum Gasteiger partial charge on any atom is -0.397 e. The summed E-state index contributed by atoms with van der Waals surface area (Å²) in [7, 11) is -4.76. The monoisotopic (exact) mass is 800 g/mol. The van der Waals surface area contributed by atoms with Crippen LogP contribution in [-0.2, 0) is 40.0 Å². The van der Waals surface area contributed by atoms with Crippen molar-refractivity contribution in [1.29, 1.82) is 5.26 Å². The number of nitrogen functional groups attached to an aromatic ring is 1. The van der Waals surface area contributed by atoms with Gasteiger partial charge < -0.3 is 35.1 Å². The van der Waals surface area contributed by atoms with Gasteiger partial charge in [0.25, 0.3) is 0 Å². The molecule has 4 rings (SSSR count). The molecule has 1 aliphatic rings. The van der Waals surface area contributed by atoms with E-state index in [1.54, 1.807) is 19.1 Å². The minimum absolute atomic E-state index is 0.131. The average Bonchev–Trinajstić information content (AvgIpc) is 3.74. The lowest BCUT2D eigenvalue weighted by Crippen LogP contribution is -2.41. The molecule has 2 aromatic heterocycles. The number of aliphatic hydroxyl groups is 2. The Hall–Kier alpha value is -2.89. The molecule has 0 saturated carbocycles. The zero-order valence-electron chi connectivity index (χ0n) is 33.4. The van der Waals surface area contributed by atoms with Crippen LogP contribution in [0.4, 0.5) is 5.69 Å². The summed E-state index contributed by atoms with van der Waals surface area (Å²) in [6, 6.07) is 16.2. The second-order valence-electron chi connectivity index (χ2n) is 15.0. The van der Waals surface area contributed by atoms with Crippen LogP contribution in [0.5, 0.6) is 0 Å². The first kappa shape index (κ1) is 45.8. The third kappa shape index (κ3) is 13.9. The van der Waals surface area contributed by atoms with Gasteiger partial charge in [-0.2, -0.15) is 10.4 Å². The van der Waals surface area contributed by atoms with E-state index in [9.17, 15) is 24.9 Å². The second kappa shape index (κ2) is 24.1. The summed E-state index contributed by atoms with van der Waals surface area (Å²) in [5.41, 5.74) is 5.88. The molecule has 5 N–H and O–H groups in total. The number of aliphatic hydroxyl groups excluding tert-OH is 2. The molecule has 0 spiro atoms. The maximum Gasteiger partial charge on any atom is 0.472 e. The normalized spacial score (nSPS) is 21.9. The Morgan fingerprint density at radius 2 is 1.54 bits per heavy atom. The lowest BCUT2D eigenvalue weighted by molar-refractivity contribution is -0.0860. The third-order valence-electron chi connectivity index (χ3n) is 10.5. The highest BCUT2D eigenvalue weighted by atomic mass is 31.2. The highest BCUT2D eigenvalue weighted by Gasteiger charge is 2.58. The number of fused-ring (bicyclic) bond motifs is 1. The van der Waals surface area contributed by atoms with Gasteiger partial charge in [-0.15, -0.1) is 0 Å². The quantitative estimate of drug-likeness (QED) is 0.0390. The number of nitrogens with two attached hydrogens (primary N) is 1. The Balaban J connectivity index is 1.18. The van der Waals surface area contributed by atoms with Crippen LogP contribution in [0, 0.1) is 11.3 Å². The smallest absolute Gasteiger partial charge is 0.397 e. The predicted molar refractivity (Wildman–Crippen MR) is 215 cm³/mol. The molecule has 14 heteroatoms. The fourth-order valence-electron chi connectivity index (χ4n) is 7.16. The molecule has 0 radical (unpaired) electrons. The molecule has 7 atom stereocenters. The molecule has 312 valence electrons. The van der Waals surface area contributed by atoms with Gasteiger partial charge in [0.15, 0.2) is 0 Å². The molecule has 0 bridgehead atoms. The van der Waals surface area contributed by atoms with Crippen molar-refractivity contribution in [2.45, 2.75) is 159 Å². The molecule has 1 fully saturated rings. The Labute approximate surface area is 333 Å². The van der Waals surface area contributed by atoms with E-state index in [4.69, 9.17) is 29.0 Å². The van der Waals surface area contributed by atoms with Crippen molar-refractivity contribution in [3.05, 3.63) is 66.0 Å². The van der Waals surface area contributed by atoms with Gasteiger partial charge in [-0.25, -0.2) is 9.08 Å². The van der Waals surface area contributed by atoms with E-state index in [0.29, 0.717) is 17.8 Å². The van der Waals surface area contributed by atoms with Crippen LogP contribution in [0.3, 0.4) is 0 Å². The van der Waals surface area contributed by atoms with E-state index in [1.165, 1.54) is 107 Å². The molecule has 3 heterocycles. The maximum atomic E-state index is 13.2. The van der Waals surface area contributed by atoms with Gasteiger partial charge in [0.1, 0.15) is 30.5 Å². The van der Waals surface area contributed by atoms with Crippen molar-refractivity contribution >= 4 is 19.0 Å². The zero-order chi connectivity index (χ0) is 40.2. The topological polar surface area (TPSA) is 191 Å². The van der Waals surface area contributed by atoms with Gasteiger partial charge in [0, 0.05) is 12.8 Å². The number of anilines is 1. The molecule has 0 aliphatic carbocycles. The van der Waals surface area contributed by atoms with E-state index in [-0.39, 0.29) is 18.9 Å². The summed E-state index contributed by atoms with van der Waals surface area (Å²) in [6.07, 6.45) is 15.7. The highest BCUT2D eigenvalue weighted by molar-refractivity contribution is 7.47. The number of aromatic nitrogens is 2. The summed E-state index contributed by atoms with van der Waals surface area (Å²) in [5, 5.41) is 36.3. The third-order valence-corrected chi connectivity index (χ3v) is 11.6. The van der Waals surface area contributed by atoms with E-state index in [2.05, 4.69) is 12.0 Å². The van der Waals surface area contributed by atoms with Crippen LogP contribution in [0.15, 0.2) is 54.7 Å². The molecule has 1 saturated heterocycles. The van der Waals surface area contributed by atoms with E-state index in [1.807, 2.05) is 36.4 Å². The van der Waals surface area contributed by atoms with Crippen molar-refractivity contribution in [2.24, 2.45) is 0 Å².